The standard InChI is InChI=1S/C7H4O6/c8-3-1-4(6(9)10)13-5(2-3)7(11)12/h1-2H,(H,9,10)(H,11,12)/p-2. The molecule has 0 fully saturated rings. The van der Waals surface area contributed by atoms with E-state index in [0.717, 1.165) is 0 Å². The van der Waals surface area contributed by atoms with E-state index in [2.05, 4.69) is 4.42 Å². The fourth-order valence-electron chi connectivity index (χ4n) is 0.679. The number of aromatic carboxylic acids is 2. The highest BCUT2D eigenvalue weighted by Gasteiger charge is 2.03. The third-order valence-corrected chi connectivity index (χ3v) is 1.17. The molecule has 1 aromatic heterocycles. The summed E-state index contributed by atoms with van der Waals surface area (Å²) in [5.41, 5.74) is -0.801. The van der Waals surface area contributed by atoms with Crippen LogP contribution in [0, 0.1) is 0 Å². The Kier molecular flexibility index (Phi) is 2.14. The van der Waals surface area contributed by atoms with Gasteiger partial charge in [-0.25, -0.2) is 0 Å². The first-order chi connectivity index (χ1) is 6.00. The van der Waals surface area contributed by atoms with Crippen molar-refractivity contribution in [2.45, 2.75) is 0 Å². The first kappa shape index (κ1) is 8.98. The second kappa shape index (κ2) is 3.10. The van der Waals surface area contributed by atoms with Gasteiger partial charge in [-0.1, -0.05) is 0 Å². The molecular weight excluding hydrogens is 180 g/mol. The molecule has 0 unspecified atom stereocenters. The highest BCUT2D eigenvalue weighted by molar-refractivity contribution is 5.85. The molecule has 1 heterocycles. The van der Waals surface area contributed by atoms with Gasteiger partial charge in [0.25, 0.3) is 0 Å². The zero-order valence-electron chi connectivity index (χ0n) is 6.10. The molecule has 0 bridgehead atoms. The van der Waals surface area contributed by atoms with Crippen molar-refractivity contribution in [3.8, 4) is 0 Å². The van der Waals surface area contributed by atoms with Gasteiger partial charge in [-0.15, -0.1) is 0 Å². The van der Waals surface area contributed by atoms with Gasteiger partial charge in [-0.3, -0.25) is 4.79 Å². The number of carboxylic acids is 2. The summed E-state index contributed by atoms with van der Waals surface area (Å²) in [4.78, 5) is 31.0. The monoisotopic (exact) mass is 182 g/mol. The van der Waals surface area contributed by atoms with Crippen LogP contribution in [0.25, 0.3) is 0 Å². The molecule has 0 radical (unpaired) electrons. The van der Waals surface area contributed by atoms with Crippen molar-refractivity contribution >= 4 is 11.9 Å². The lowest BCUT2D eigenvalue weighted by Crippen LogP contribution is -2.27. The summed E-state index contributed by atoms with van der Waals surface area (Å²) in [6, 6.07) is 1.23. The van der Waals surface area contributed by atoms with Crippen molar-refractivity contribution in [3.63, 3.8) is 0 Å². The van der Waals surface area contributed by atoms with Crippen molar-refractivity contribution in [3.05, 3.63) is 33.9 Å². The minimum Gasteiger partial charge on any atom is -0.542 e. The Morgan fingerprint density at radius 2 is 1.46 bits per heavy atom. The maximum atomic E-state index is 10.7. The van der Waals surface area contributed by atoms with E-state index >= 15 is 0 Å². The Hall–Kier alpha value is -2.11. The number of rotatable bonds is 2. The Morgan fingerprint density at radius 1 is 1.08 bits per heavy atom. The van der Waals surface area contributed by atoms with Crippen molar-refractivity contribution in [2.75, 3.05) is 0 Å². The van der Waals surface area contributed by atoms with Crippen LogP contribution in [0.2, 0.25) is 0 Å². The summed E-state index contributed by atoms with van der Waals surface area (Å²) < 4.78 is 4.26. The lowest BCUT2D eigenvalue weighted by molar-refractivity contribution is -0.259. The van der Waals surface area contributed by atoms with Crippen molar-refractivity contribution in [1.82, 2.24) is 0 Å². The van der Waals surface area contributed by atoms with Crippen LogP contribution >= 0.6 is 0 Å². The molecule has 6 nitrogen and oxygen atoms in total. The van der Waals surface area contributed by atoms with Gasteiger partial charge >= 0.3 is 0 Å². The quantitative estimate of drug-likeness (QED) is 0.494. The van der Waals surface area contributed by atoms with Crippen LogP contribution in [-0.4, -0.2) is 11.9 Å². The molecule has 0 aliphatic rings. The third kappa shape index (κ3) is 1.92. The van der Waals surface area contributed by atoms with E-state index < -0.39 is 28.9 Å². The molecule has 1 rings (SSSR count). The highest BCUT2D eigenvalue weighted by Crippen LogP contribution is 1.98. The second-order valence-corrected chi connectivity index (χ2v) is 2.10. The van der Waals surface area contributed by atoms with Gasteiger partial charge in [-0.05, 0) is 0 Å². The zero-order chi connectivity index (χ0) is 10.0. The fourth-order valence-corrected chi connectivity index (χ4v) is 0.679. The molecule has 68 valence electrons. The van der Waals surface area contributed by atoms with Gasteiger partial charge in [0.2, 0.25) is 0 Å². The van der Waals surface area contributed by atoms with E-state index in [1.807, 2.05) is 0 Å². The maximum Gasteiger partial charge on any atom is 0.186 e. The number of carbonyl (C=O) groups is 2. The van der Waals surface area contributed by atoms with E-state index in [0.29, 0.717) is 12.1 Å². The molecule has 0 atom stereocenters. The third-order valence-electron chi connectivity index (χ3n) is 1.17. The Labute approximate surface area is 71.0 Å². The lowest BCUT2D eigenvalue weighted by atomic mass is 10.3. The first-order valence-corrected chi connectivity index (χ1v) is 3.08. The predicted molar refractivity (Wildman–Crippen MR) is 33.6 cm³/mol. The summed E-state index contributed by atoms with van der Waals surface area (Å²) in [7, 11) is 0. The summed E-state index contributed by atoms with van der Waals surface area (Å²) >= 11 is 0. The Bertz CT molecular complexity index is 380. The van der Waals surface area contributed by atoms with Crippen LogP contribution in [0.1, 0.15) is 21.1 Å². The molecule has 0 N–H and O–H groups in total. The largest absolute Gasteiger partial charge is 0.542 e. The highest BCUT2D eigenvalue weighted by atomic mass is 16.4. The molecule has 0 spiro atoms. The van der Waals surface area contributed by atoms with Gasteiger partial charge in [0.15, 0.2) is 16.9 Å². The number of hydrogen-bond donors (Lipinski definition) is 0. The van der Waals surface area contributed by atoms with Crippen LogP contribution in [0.4, 0.5) is 0 Å². The molecule has 0 saturated heterocycles. The van der Waals surface area contributed by atoms with Gasteiger partial charge in [-0.2, -0.15) is 0 Å². The average molecular weight is 182 g/mol. The van der Waals surface area contributed by atoms with Crippen LogP contribution in [0.5, 0.6) is 0 Å². The SMILES string of the molecule is O=C([O-])c1cc(=O)cc(C(=O)[O-])o1. The van der Waals surface area contributed by atoms with Gasteiger partial charge in [0.05, 0.1) is 0 Å². The predicted octanol–water partition coefficient (Wildman–Crippen LogP) is -2.63. The van der Waals surface area contributed by atoms with Crippen LogP contribution in [-0.2, 0) is 0 Å². The minimum atomic E-state index is -1.76. The molecular formula is C7H2O6-2. The van der Waals surface area contributed by atoms with Crippen molar-refractivity contribution < 1.29 is 24.2 Å². The summed E-state index contributed by atoms with van der Waals surface area (Å²) in [5.74, 6) is -5.21. The Balaban J connectivity index is 3.35. The second-order valence-electron chi connectivity index (χ2n) is 2.10. The number of carbonyl (C=O) groups excluding carboxylic acids is 2. The number of hydrogen-bond acceptors (Lipinski definition) is 6. The van der Waals surface area contributed by atoms with E-state index in [1.54, 1.807) is 0 Å². The molecule has 1 aromatic rings. The van der Waals surface area contributed by atoms with Crippen LogP contribution in [0.15, 0.2) is 21.3 Å². The van der Waals surface area contributed by atoms with Crippen LogP contribution < -0.4 is 15.6 Å². The first-order valence-electron chi connectivity index (χ1n) is 3.08. The van der Waals surface area contributed by atoms with Gasteiger partial charge in [0.1, 0.15) is 11.9 Å². The molecule has 0 saturated carbocycles. The molecule has 0 aliphatic heterocycles. The van der Waals surface area contributed by atoms with Crippen LogP contribution in [0.3, 0.4) is 0 Å². The molecule has 6 heteroatoms. The average Bonchev–Trinajstić information content (AvgIpc) is 2.03. The van der Waals surface area contributed by atoms with Gasteiger partial charge in [0, 0.05) is 12.1 Å². The van der Waals surface area contributed by atoms with E-state index in [1.165, 1.54) is 0 Å². The zero-order valence-corrected chi connectivity index (χ0v) is 6.10. The van der Waals surface area contributed by atoms with Crippen molar-refractivity contribution in [2.24, 2.45) is 0 Å². The number of carboxylic acid groups (broad SMARTS) is 2. The smallest absolute Gasteiger partial charge is 0.186 e. The van der Waals surface area contributed by atoms with Gasteiger partial charge < -0.3 is 24.2 Å². The Morgan fingerprint density at radius 3 is 1.77 bits per heavy atom. The normalized spacial score (nSPS) is 9.54. The van der Waals surface area contributed by atoms with Crippen molar-refractivity contribution in [1.29, 1.82) is 0 Å². The molecule has 0 aromatic carbocycles. The van der Waals surface area contributed by atoms with E-state index in [-0.39, 0.29) is 0 Å². The van der Waals surface area contributed by atoms with E-state index in [4.69, 9.17) is 0 Å². The molecule has 0 aliphatic carbocycles. The summed E-state index contributed by atoms with van der Waals surface area (Å²) in [6.45, 7) is 0. The maximum absolute atomic E-state index is 10.7. The summed E-state index contributed by atoms with van der Waals surface area (Å²) in [5, 5.41) is 20.3. The fraction of sp³-hybridized carbons (Fsp3) is 0. The molecule has 0 amide bonds. The topological polar surface area (TPSA) is 110 Å². The minimum absolute atomic E-state index is 0.613. The van der Waals surface area contributed by atoms with E-state index in [9.17, 15) is 24.6 Å². The molecule has 13 heavy (non-hydrogen) atoms. The lowest BCUT2D eigenvalue weighted by Gasteiger charge is -2.04. The summed E-state index contributed by atoms with van der Waals surface area (Å²) in [6.07, 6.45) is 0.